The highest BCUT2D eigenvalue weighted by atomic mass is 16.5. The lowest BCUT2D eigenvalue weighted by Gasteiger charge is -2.19. The Labute approximate surface area is 124 Å². The summed E-state index contributed by atoms with van der Waals surface area (Å²) in [6.45, 7) is 1.26. The number of hydrogen-bond acceptors (Lipinski definition) is 5. The van der Waals surface area contributed by atoms with E-state index in [1.54, 1.807) is 18.2 Å². The molecule has 2 unspecified atom stereocenters. The van der Waals surface area contributed by atoms with Gasteiger partial charge in [0.15, 0.2) is 0 Å². The van der Waals surface area contributed by atoms with Gasteiger partial charge in [0.1, 0.15) is 17.5 Å². The standard InChI is InChI=1S/C15H21NO5/c1-19-12-6-10(7-13(8-12)20-2)14(15(17)18)16-9-11-4-3-5-21-11/h6-8,11,14,16H,3-5,9H2,1-2H3,(H,17,18). The zero-order valence-electron chi connectivity index (χ0n) is 12.3. The Morgan fingerprint density at radius 1 is 1.38 bits per heavy atom. The average molecular weight is 295 g/mol. The summed E-state index contributed by atoms with van der Waals surface area (Å²) >= 11 is 0. The first kappa shape index (κ1) is 15.6. The number of carboxylic acids is 1. The summed E-state index contributed by atoms with van der Waals surface area (Å²) in [6.07, 6.45) is 2.07. The van der Waals surface area contributed by atoms with Gasteiger partial charge in [-0.3, -0.25) is 10.1 Å². The molecule has 21 heavy (non-hydrogen) atoms. The molecule has 1 aromatic carbocycles. The third-order valence-corrected chi connectivity index (χ3v) is 3.53. The minimum atomic E-state index is -0.941. The molecule has 2 rings (SSSR count). The molecule has 0 aromatic heterocycles. The molecule has 0 bridgehead atoms. The van der Waals surface area contributed by atoms with Gasteiger partial charge < -0.3 is 19.3 Å². The van der Waals surface area contributed by atoms with Gasteiger partial charge in [0, 0.05) is 19.2 Å². The lowest BCUT2D eigenvalue weighted by atomic mass is 10.1. The van der Waals surface area contributed by atoms with Crippen LogP contribution in [0.15, 0.2) is 18.2 Å². The van der Waals surface area contributed by atoms with Crippen LogP contribution < -0.4 is 14.8 Å². The molecule has 1 heterocycles. The number of rotatable bonds is 7. The van der Waals surface area contributed by atoms with E-state index in [-0.39, 0.29) is 6.10 Å². The van der Waals surface area contributed by atoms with Crippen molar-refractivity contribution in [2.45, 2.75) is 25.0 Å². The molecule has 0 aliphatic carbocycles. The van der Waals surface area contributed by atoms with Crippen LogP contribution in [0.5, 0.6) is 11.5 Å². The molecular formula is C15H21NO5. The molecule has 1 aliphatic rings. The maximum absolute atomic E-state index is 11.5. The van der Waals surface area contributed by atoms with Crippen molar-refractivity contribution in [3.63, 3.8) is 0 Å². The quantitative estimate of drug-likeness (QED) is 0.795. The fourth-order valence-corrected chi connectivity index (χ4v) is 2.40. The summed E-state index contributed by atoms with van der Waals surface area (Å²) in [6, 6.07) is 4.29. The first-order valence-corrected chi connectivity index (χ1v) is 6.94. The van der Waals surface area contributed by atoms with Crippen molar-refractivity contribution in [1.82, 2.24) is 5.32 Å². The molecule has 6 nitrogen and oxygen atoms in total. The fraction of sp³-hybridized carbons (Fsp3) is 0.533. The van der Waals surface area contributed by atoms with Crippen LogP contribution in [0, 0.1) is 0 Å². The highest BCUT2D eigenvalue weighted by Crippen LogP contribution is 2.27. The normalized spacial score (nSPS) is 19.2. The molecule has 2 N–H and O–H groups in total. The molecule has 6 heteroatoms. The lowest BCUT2D eigenvalue weighted by molar-refractivity contribution is -0.139. The number of hydrogen-bond donors (Lipinski definition) is 2. The molecular weight excluding hydrogens is 274 g/mol. The maximum Gasteiger partial charge on any atom is 0.325 e. The molecule has 116 valence electrons. The topological polar surface area (TPSA) is 77.0 Å². The minimum absolute atomic E-state index is 0.0827. The first-order valence-electron chi connectivity index (χ1n) is 6.94. The van der Waals surface area contributed by atoms with Crippen molar-refractivity contribution in [3.05, 3.63) is 23.8 Å². The Hall–Kier alpha value is -1.79. The van der Waals surface area contributed by atoms with E-state index >= 15 is 0 Å². The van der Waals surface area contributed by atoms with Gasteiger partial charge in [-0.2, -0.15) is 0 Å². The van der Waals surface area contributed by atoms with E-state index in [4.69, 9.17) is 14.2 Å². The molecule has 1 saturated heterocycles. The number of nitrogens with one attached hydrogen (secondary N) is 1. The largest absolute Gasteiger partial charge is 0.497 e. The van der Waals surface area contributed by atoms with Gasteiger partial charge in [-0.05, 0) is 30.5 Å². The van der Waals surface area contributed by atoms with Crippen LogP contribution >= 0.6 is 0 Å². The molecule has 1 fully saturated rings. The van der Waals surface area contributed by atoms with Gasteiger partial charge in [-0.25, -0.2) is 0 Å². The van der Waals surface area contributed by atoms with Crippen molar-refractivity contribution < 1.29 is 24.1 Å². The smallest absolute Gasteiger partial charge is 0.325 e. The number of ether oxygens (including phenoxy) is 3. The third kappa shape index (κ3) is 4.09. The summed E-state index contributed by atoms with van der Waals surface area (Å²) in [4.78, 5) is 11.5. The van der Waals surface area contributed by atoms with Gasteiger partial charge in [0.25, 0.3) is 0 Å². The molecule has 0 radical (unpaired) electrons. The van der Waals surface area contributed by atoms with Gasteiger partial charge in [-0.15, -0.1) is 0 Å². The Morgan fingerprint density at radius 2 is 2.05 bits per heavy atom. The van der Waals surface area contributed by atoms with Crippen LogP contribution in [0.25, 0.3) is 0 Å². The van der Waals surface area contributed by atoms with Gasteiger partial charge in [-0.1, -0.05) is 0 Å². The molecule has 2 atom stereocenters. The fourth-order valence-electron chi connectivity index (χ4n) is 2.40. The van der Waals surface area contributed by atoms with E-state index in [9.17, 15) is 9.90 Å². The van der Waals surface area contributed by atoms with E-state index in [1.807, 2.05) is 0 Å². The SMILES string of the molecule is COc1cc(OC)cc(C(NCC2CCCO2)C(=O)O)c1. The number of benzene rings is 1. The Kier molecular flexibility index (Phi) is 5.41. The number of carbonyl (C=O) groups is 1. The third-order valence-electron chi connectivity index (χ3n) is 3.53. The minimum Gasteiger partial charge on any atom is -0.497 e. The maximum atomic E-state index is 11.5. The highest BCUT2D eigenvalue weighted by Gasteiger charge is 2.24. The van der Waals surface area contributed by atoms with Crippen LogP contribution in [0.4, 0.5) is 0 Å². The summed E-state index contributed by atoms with van der Waals surface area (Å²) in [5.41, 5.74) is 0.594. The van der Waals surface area contributed by atoms with Crippen LogP contribution in [0.1, 0.15) is 24.4 Å². The molecule has 0 spiro atoms. The monoisotopic (exact) mass is 295 g/mol. The first-order chi connectivity index (χ1) is 10.1. The predicted molar refractivity (Wildman–Crippen MR) is 76.9 cm³/mol. The average Bonchev–Trinajstić information content (AvgIpc) is 3.00. The second kappa shape index (κ2) is 7.28. The number of carboxylic acid groups (broad SMARTS) is 1. The van der Waals surface area contributed by atoms with Crippen LogP contribution in [0.2, 0.25) is 0 Å². The van der Waals surface area contributed by atoms with Crippen LogP contribution in [0.3, 0.4) is 0 Å². The van der Waals surface area contributed by atoms with Crippen molar-refractivity contribution >= 4 is 5.97 Å². The number of aliphatic carboxylic acids is 1. The van der Waals surface area contributed by atoms with Crippen molar-refractivity contribution in [2.24, 2.45) is 0 Å². The van der Waals surface area contributed by atoms with Crippen molar-refractivity contribution in [3.8, 4) is 11.5 Å². The van der Waals surface area contributed by atoms with Crippen molar-refractivity contribution in [1.29, 1.82) is 0 Å². The summed E-state index contributed by atoms with van der Waals surface area (Å²) in [5, 5.41) is 12.5. The van der Waals surface area contributed by atoms with E-state index in [2.05, 4.69) is 5.32 Å². The van der Waals surface area contributed by atoms with Gasteiger partial charge in [0.05, 0.1) is 20.3 Å². The zero-order valence-corrected chi connectivity index (χ0v) is 12.3. The molecule has 0 amide bonds. The Bertz CT molecular complexity index is 463. The van der Waals surface area contributed by atoms with Gasteiger partial charge in [0.2, 0.25) is 0 Å². The van der Waals surface area contributed by atoms with Gasteiger partial charge >= 0.3 is 5.97 Å². The second-order valence-electron chi connectivity index (χ2n) is 4.96. The summed E-state index contributed by atoms with van der Waals surface area (Å²) < 4.78 is 15.9. The van der Waals surface area contributed by atoms with E-state index in [1.165, 1.54) is 14.2 Å². The van der Waals surface area contributed by atoms with E-state index in [0.29, 0.717) is 23.6 Å². The molecule has 1 aliphatic heterocycles. The highest BCUT2D eigenvalue weighted by molar-refractivity contribution is 5.76. The van der Waals surface area contributed by atoms with Crippen LogP contribution in [-0.2, 0) is 9.53 Å². The Balaban J connectivity index is 2.14. The van der Waals surface area contributed by atoms with E-state index < -0.39 is 12.0 Å². The van der Waals surface area contributed by atoms with E-state index in [0.717, 1.165) is 19.4 Å². The summed E-state index contributed by atoms with van der Waals surface area (Å²) in [7, 11) is 3.07. The summed E-state index contributed by atoms with van der Waals surface area (Å²) in [5.74, 6) is 0.187. The van der Waals surface area contributed by atoms with Crippen LogP contribution in [-0.4, -0.2) is 44.6 Å². The number of methoxy groups -OCH3 is 2. The predicted octanol–water partition coefficient (Wildman–Crippen LogP) is 1.60. The van der Waals surface area contributed by atoms with Crippen molar-refractivity contribution in [2.75, 3.05) is 27.4 Å². The lowest BCUT2D eigenvalue weighted by Crippen LogP contribution is -2.34. The second-order valence-corrected chi connectivity index (χ2v) is 4.96. The Morgan fingerprint density at radius 3 is 2.52 bits per heavy atom. The molecule has 1 aromatic rings. The molecule has 0 saturated carbocycles. The zero-order chi connectivity index (χ0) is 15.2.